The average Bonchev–Trinajstić information content (AvgIpc) is 2.70. The summed E-state index contributed by atoms with van der Waals surface area (Å²) < 4.78 is 0. The zero-order valence-electron chi connectivity index (χ0n) is 12.2. The minimum Gasteiger partial charge on any atom is -0.373 e. The molecule has 0 spiro atoms. The molecule has 4 heteroatoms. The van der Waals surface area contributed by atoms with E-state index in [-0.39, 0.29) is 0 Å². The number of nitrogens with one attached hydrogen (secondary N) is 1. The molecule has 0 atom stereocenters. The summed E-state index contributed by atoms with van der Waals surface area (Å²) in [4.78, 5) is 11.7. The quantitative estimate of drug-likeness (QED) is 0.892. The van der Waals surface area contributed by atoms with Crippen LogP contribution in [0.25, 0.3) is 0 Å². The molecule has 0 aromatic carbocycles. The Bertz CT molecular complexity index is 440. The van der Waals surface area contributed by atoms with Gasteiger partial charge in [0.05, 0.1) is 0 Å². The first-order chi connectivity index (χ1) is 8.46. The Morgan fingerprint density at radius 1 is 1.33 bits per heavy atom. The van der Waals surface area contributed by atoms with Gasteiger partial charge in [0.2, 0.25) is 0 Å². The number of rotatable bonds is 3. The fourth-order valence-electron chi connectivity index (χ4n) is 2.55. The number of hydrogen-bond acceptors (Lipinski definition) is 4. The summed E-state index contributed by atoms with van der Waals surface area (Å²) in [5.41, 5.74) is 1.55. The third-order valence-corrected chi connectivity index (χ3v) is 3.70. The highest BCUT2D eigenvalue weighted by Crippen LogP contribution is 2.34. The molecule has 18 heavy (non-hydrogen) atoms. The lowest BCUT2D eigenvalue weighted by Crippen LogP contribution is -2.25. The van der Waals surface area contributed by atoms with Crippen molar-refractivity contribution in [3.63, 3.8) is 0 Å². The van der Waals surface area contributed by atoms with Crippen LogP contribution >= 0.6 is 0 Å². The van der Waals surface area contributed by atoms with Crippen molar-refractivity contribution in [3.8, 4) is 0 Å². The molecule has 0 saturated carbocycles. The first-order valence-corrected chi connectivity index (χ1v) is 6.77. The molecule has 1 aromatic heterocycles. The van der Waals surface area contributed by atoms with Gasteiger partial charge in [-0.2, -0.15) is 0 Å². The van der Waals surface area contributed by atoms with Gasteiger partial charge in [0, 0.05) is 32.1 Å². The fraction of sp³-hybridized carbons (Fsp3) is 0.714. The molecular weight excluding hydrogens is 224 g/mol. The van der Waals surface area contributed by atoms with Gasteiger partial charge >= 0.3 is 0 Å². The van der Waals surface area contributed by atoms with Crippen LogP contribution in [-0.4, -0.2) is 30.1 Å². The van der Waals surface area contributed by atoms with E-state index < -0.39 is 0 Å². The molecule has 2 heterocycles. The molecule has 1 aliphatic heterocycles. The van der Waals surface area contributed by atoms with Gasteiger partial charge in [0.25, 0.3) is 0 Å². The molecule has 100 valence electrons. The van der Waals surface area contributed by atoms with Crippen LogP contribution in [0.1, 0.15) is 38.6 Å². The zero-order chi connectivity index (χ0) is 13.3. The van der Waals surface area contributed by atoms with Gasteiger partial charge in [-0.05, 0) is 18.8 Å². The second kappa shape index (κ2) is 4.75. The Balaban J connectivity index is 2.38. The van der Waals surface area contributed by atoms with Crippen molar-refractivity contribution in [2.24, 2.45) is 5.41 Å². The molecular formula is C14H24N4. The van der Waals surface area contributed by atoms with Crippen LogP contribution < -0.4 is 10.2 Å². The summed E-state index contributed by atoms with van der Waals surface area (Å²) in [7, 11) is 1.92. The van der Waals surface area contributed by atoms with Gasteiger partial charge in [-0.1, -0.05) is 20.8 Å². The standard InChI is InChI=1S/C14H24N4/c1-6-11-16-12(15-5)10(2)13(17-11)18-8-7-14(3,4)9-18/h6-9H2,1-5H3,(H,15,16,17). The minimum atomic E-state index is 0.392. The van der Waals surface area contributed by atoms with Crippen LogP contribution in [0.5, 0.6) is 0 Å². The Hall–Kier alpha value is -1.32. The van der Waals surface area contributed by atoms with Crippen molar-refractivity contribution < 1.29 is 0 Å². The van der Waals surface area contributed by atoms with Crippen molar-refractivity contribution in [1.82, 2.24) is 9.97 Å². The predicted octanol–water partition coefficient (Wildman–Crippen LogP) is 2.63. The summed E-state index contributed by atoms with van der Waals surface area (Å²) in [5.74, 6) is 2.99. The van der Waals surface area contributed by atoms with Gasteiger partial charge in [0.15, 0.2) is 0 Å². The lowest BCUT2D eigenvalue weighted by atomic mass is 9.93. The van der Waals surface area contributed by atoms with E-state index >= 15 is 0 Å². The van der Waals surface area contributed by atoms with Crippen molar-refractivity contribution in [2.75, 3.05) is 30.4 Å². The lowest BCUT2D eigenvalue weighted by Gasteiger charge is -2.23. The molecule has 4 nitrogen and oxygen atoms in total. The van der Waals surface area contributed by atoms with Crippen molar-refractivity contribution in [1.29, 1.82) is 0 Å². The van der Waals surface area contributed by atoms with Gasteiger partial charge < -0.3 is 10.2 Å². The number of aromatic nitrogens is 2. The van der Waals surface area contributed by atoms with Gasteiger partial charge in [0.1, 0.15) is 17.5 Å². The molecule has 1 N–H and O–H groups in total. The van der Waals surface area contributed by atoms with Crippen LogP contribution in [0.4, 0.5) is 11.6 Å². The van der Waals surface area contributed by atoms with Crippen LogP contribution in [0.2, 0.25) is 0 Å². The summed E-state index contributed by atoms with van der Waals surface area (Å²) in [6, 6.07) is 0. The highest BCUT2D eigenvalue weighted by atomic mass is 15.2. The molecule has 0 radical (unpaired) electrons. The first-order valence-electron chi connectivity index (χ1n) is 6.77. The Morgan fingerprint density at radius 2 is 2.06 bits per heavy atom. The molecule has 1 aliphatic rings. The van der Waals surface area contributed by atoms with Gasteiger partial charge in [-0.3, -0.25) is 0 Å². The average molecular weight is 248 g/mol. The zero-order valence-corrected chi connectivity index (χ0v) is 12.2. The maximum absolute atomic E-state index is 4.72. The fourth-order valence-corrected chi connectivity index (χ4v) is 2.55. The number of nitrogens with zero attached hydrogens (tertiary/aromatic N) is 3. The van der Waals surface area contributed by atoms with Crippen molar-refractivity contribution in [2.45, 2.75) is 40.5 Å². The summed E-state index contributed by atoms with van der Waals surface area (Å²) in [6.07, 6.45) is 2.10. The smallest absolute Gasteiger partial charge is 0.137 e. The second-order valence-corrected chi connectivity index (χ2v) is 5.88. The first kappa shape index (κ1) is 13.1. The van der Waals surface area contributed by atoms with Crippen LogP contribution in [0, 0.1) is 12.3 Å². The normalized spacial score (nSPS) is 18.2. The SMILES string of the molecule is CCc1nc(NC)c(C)c(N2CCC(C)(C)C2)n1. The summed E-state index contributed by atoms with van der Waals surface area (Å²) in [5, 5.41) is 3.18. The van der Waals surface area contributed by atoms with E-state index in [4.69, 9.17) is 4.98 Å². The van der Waals surface area contributed by atoms with E-state index in [0.717, 1.165) is 42.5 Å². The summed E-state index contributed by atoms with van der Waals surface area (Å²) in [6.45, 7) is 11.0. The van der Waals surface area contributed by atoms with Crippen LogP contribution in [0.3, 0.4) is 0 Å². The van der Waals surface area contributed by atoms with E-state index in [1.807, 2.05) is 7.05 Å². The van der Waals surface area contributed by atoms with Gasteiger partial charge in [-0.25, -0.2) is 9.97 Å². The van der Waals surface area contributed by atoms with E-state index in [1.165, 1.54) is 6.42 Å². The molecule has 0 bridgehead atoms. The Kier molecular flexibility index (Phi) is 3.46. The molecule has 2 rings (SSSR count). The Morgan fingerprint density at radius 3 is 2.56 bits per heavy atom. The Labute approximate surface area is 110 Å². The highest BCUT2D eigenvalue weighted by molar-refractivity contribution is 5.59. The monoisotopic (exact) mass is 248 g/mol. The third kappa shape index (κ3) is 2.42. The maximum Gasteiger partial charge on any atom is 0.137 e. The molecule has 0 unspecified atom stereocenters. The van der Waals surface area contributed by atoms with Crippen LogP contribution in [0.15, 0.2) is 0 Å². The maximum atomic E-state index is 4.72. The lowest BCUT2D eigenvalue weighted by molar-refractivity contribution is 0.418. The van der Waals surface area contributed by atoms with Crippen molar-refractivity contribution in [3.05, 3.63) is 11.4 Å². The minimum absolute atomic E-state index is 0.392. The second-order valence-electron chi connectivity index (χ2n) is 5.88. The van der Waals surface area contributed by atoms with Gasteiger partial charge in [-0.15, -0.1) is 0 Å². The third-order valence-electron chi connectivity index (χ3n) is 3.70. The van der Waals surface area contributed by atoms with E-state index in [9.17, 15) is 0 Å². The summed E-state index contributed by atoms with van der Waals surface area (Å²) >= 11 is 0. The molecule has 1 saturated heterocycles. The van der Waals surface area contributed by atoms with E-state index in [0.29, 0.717) is 5.41 Å². The van der Waals surface area contributed by atoms with E-state index in [1.54, 1.807) is 0 Å². The predicted molar refractivity (Wildman–Crippen MR) is 76.3 cm³/mol. The topological polar surface area (TPSA) is 41.1 Å². The molecule has 1 fully saturated rings. The van der Waals surface area contributed by atoms with Crippen molar-refractivity contribution >= 4 is 11.6 Å². The number of aryl methyl sites for hydroxylation is 1. The largest absolute Gasteiger partial charge is 0.373 e. The molecule has 1 aromatic rings. The number of anilines is 2. The molecule has 0 amide bonds. The van der Waals surface area contributed by atoms with Crippen LogP contribution in [-0.2, 0) is 6.42 Å². The number of hydrogen-bond donors (Lipinski definition) is 1. The highest BCUT2D eigenvalue weighted by Gasteiger charge is 2.31. The van der Waals surface area contributed by atoms with E-state index in [2.05, 4.69) is 42.9 Å². The molecule has 0 aliphatic carbocycles.